The summed E-state index contributed by atoms with van der Waals surface area (Å²) in [6.45, 7) is 2.05. The molecule has 9 nitrogen and oxygen atoms in total. The van der Waals surface area contributed by atoms with E-state index in [1.807, 2.05) is 43.3 Å². The summed E-state index contributed by atoms with van der Waals surface area (Å²) in [6, 6.07) is 15.4. The summed E-state index contributed by atoms with van der Waals surface area (Å²) < 4.78 is 1.24. The molecule has 0 aliphatic rings. The number of hydrogen-bond donors (Lipinski definition) is 4. The van der Waals surface area contributed by atoms with Gasteiger partial charge in [-0.3, -0.25) is 19.1 Å². The number of rotatable bonds is 7. The van der Waals surface area contributed by atoms with Crippen LogP contribution >= 0.6 is 11.6 Å². The van der Waals surface area contributed by atoms with E-state index in [1.54, 1.807) is 12.1 Å². The third-order valence-electron chi connectivity index (χ3n) is 5.32. The Balaban J connectivity index is 1.38. The molecule has 0 radical (unpaired) electrons. The maximum Gasteiger partial charge on any atom is 0.329 e. The Morgan fingerprint density at radius 2 is 1.91 bits per heavy atom. The number of halogens is 1. The van der Waals surface area contributed by atoms with Gasteiger partial charge in [-0.05, 0) is 30.7 Å². The Hall–Kier alpha value is -3.85. The molecule has 0 fully saturated rings. The highest BCUT2D eigenvalue weighted by Crippen LogP contribution is 2.29. The van der Waals surface area contributed by atoms with Crippen LogP contribution in [0.3, 0.4) is 0 Å². The predicted molar refractivity (Wildman–Crippen MR) is 129 cm³/mol. The van der Waals surface area contributed by atoms with Crippen LogP contribution in [0, 0.1) is 0 Å². The number of fused-ring (bicyclic) bond motifs is 1. The minimum Gasteiger partial charge on any atom is -0.377 e. The minimum atomic E-state index is -0.545. The largest absolute Gasteiger partial charge is 0.377 e. The molecule has 0 spiro atoms. The number of hydrogen-bond acceptors (Lipinski definition) is 5. The third-order valence-corrected chi connectivity index (χ3v) is 5.63. The molecule has 2 aromatic heterocycles. The molecule has 0 saturated carbocycles. The molecule has 0 bridgehead atoms. The van der Waals surface area contributed by atoms with Crippen molar-refractivity contribution in [3.05, 3.63) is 85.8 Å². The first kappa shape index (κ1) is 22.3. The van der Waals surface area contributed by atoms with Crippen molar-refractivity contribution in [2.75, 3.05) is 10.6 Å². The van der Waals surface area contributed by atoms with Crippen molar-refractivity contribution in [1.29, 1.82) is 0 Å². The molecule has 1 atom stereocenters. The fraction of sp³-hybridized carbons (Fsp3) is 0.217. The second-order valence-electron chi connectivity index (χ2n) is 7.72. The van der Waals surface area contributed by atoms with Gasteiger partial charge in [0.05, 0.1) is 10.7 Å². The first-order valence-corrected chi connectivity index (χ1v) is 10.8. The first-order valence-electron chi connectivity index (χ1n) is 10.4. The van der Waals surface area contributed by atoms with Gasteiger partial charge in [-0.25, -0.2) is 9.78 Å². The summed E-state index contributed by atoms with van der Waals surface area (Å²) in [4.78, 5) is 45.4. The molecule has 0 aliphatic heterocycles. The van der Waals surface area contributed by atoms with Crippen LogP contribution in [0.5, 0.6) is 0 Å². The average molecular weight is 467 g/mol. The highest BCUT2D eigenvalue weighted by Gasteiger charge is 2.13. The number of nitrogens with one attached hydrogen (secondary N) is 4. The van der Waals surface area contributed by atoms with Gasteiger partial charge in [-0.2, -0.15) is 0 Å². The number of aromatic nitrogens is 4. The number of amides is 1. The van der Waals surface area contributed by atoms with Crippen LogP contribution in [0.1, 0.15) is 30.8 Å². The van der Waals surface area contributed by atoms with Crippen LogP contribution in [-0.2, 0) is 18.3 Å². The third kappa shape index (κ3) is 4.98. The molecule has 10 heteroatoms. The standard InChI is InChI=1S/C23H23ClN6O3/c1-13(14-6-4-3-5-7-14)25-17-9-8-15(12-16(17)24)26-19(31)11-10-18-27-20-21(28-18)30(2)23(33)29-22(20)32/h3-9,12-13,25H,10-11H2,1-2H3,(H,26,31)(H,27,28)(H,29,32,33). The molecule has 1 amide bonds. The predicted octanol–water partition coefficient (Wildman–Crippen LogP) is 3.35. The van der Waals surface area contributed by atoms with Crippen LogP contribution in [0.2, 0.25) is 5.02 Å². The molecule has 4 N–H and O–H groups in total. The molecule has 2 aromatic carbocycles. The van der Waals surface area contributed by atoms with Gasteiger partial charge in [-0.15, -0.1) is 0 Å². The summed E-state index contributed by atoms with van der Waals surface area (Å²) in [7, 11) is 1.51. The van der Waals surface area contributed by atoms with Gasteiger partial charge in [0.25, 0.3) is 5.56 Å². The van der Waals surface area contributed by atoms with Crippen molar-refractivity contribution in [3.8, 4) is 0 Å². The molecular formula is C23H23ClN6O3. The van der Waals surface area contributed by atoms with E-state index in [0.29, 0.717) is 16.5 Å². The zero-order valence-corrected chi connectivity index (χ0v) is 18.9. The highest BCUT2D eigenvalue weighted by molar-refractivity contribution is 6.33. The van der Waals surface area contributed by atoms with E-state index in [1.165, 1.54) is 11.6 Å². The van der Waals surface area contributed by atoms with Gasteiger partial charge in [0.2, 0.25) is 5.91 Å². The second-order valence-corrected chi connectivity index (χ2v) is 8.13. The van der Waals surface area contributed by atoms with Crippen molar-refractivity contribution in [2.24, 2.45) is 7.05 Å². The zero-order valence-electron chi connectivity index (χ0n) is 18.1. The van der Waals surface area contributed by atoms with Crippen molar-refractivity contribution in [3.63, 3.8) is 0 Å². The van der Waals surface area contributed by atoms with Crippen LogP contribution in [0.15, 0.2) is 58.1 Å². The molecule has 0 aliphatic carbocycles. The Kier molecular flexibility index (Phi) is 6.32. The average Bonchev–Trinajstić information content (AvgIpc) is 3.24. The number of nitrogens with zero attached hydrogens (tertiary/aromatic N) is 2. The Bertz CT molecular complexity index is 1420. The van der Waals surface area contributed by atoms with Gasteiger partial charge >= 0.3 is 5.69 Å². The van der Waals surface area contributed by atoms with E-state index in [4.69, 9.17) is 11.6 Å². The van der Waals surface area contributed by atoms with Gasteiger partial charge in [0.1, 0.15) is 11.3 Å². The second kappa shape index (κ2) is 9.33. The number of anilines is 2. The lowest BCUT2D eigenvalue weighted by Gasteiger charge is -2.17. The quantitative estimate of drug-likeness (QED) is 0.332. The van der Waals surface area contributed by atoms with Crippen molar-refractivity contribution in [1.82, 2.24) is 19.5 Å². The summed E-state index contributed by atoms with van der Waals surface area (Å²) in [5.41, 5.74) is 1.84. The Labute approximate surface area is 193 Å². The molecule has 2 heterocycles. The highest BCUT2D eigenvalue weighted by atomic mass is 35.5. The van der Waals surface area contributed by atoms with Crippen molar-refractivity contribution in [2.45, 2.75) is 25.8 Å². The molecule has 33 heavy (non-hydrogen) atoms. The van der Waals surface area contributed by atoms with E-state index in [2.05, 4.69) is 25.6 Å². The van der Waals surface area contributed by atoms with Crippen LogP contribution in [0.25, 0.3) is 11.2 Å². The lowest BCUT2D eigenvalue weighted by molar-refractivity contribution is -0.116. The maximum atomic E-state index is 12.4. The van der Waals surface area contributed by atoms with Gasteiger partial charge in [-0.1, -0.05) is 41.9 Å². The smallest absolute Gasteiger partial charge is 0.329 e. The van der Waals surface area contributed by atoms with E-state index in [9.17, 15) is 14.4 Å². The van der Waals surface area contributed by atoms with Gasteiger partial charge in [0.15, 0.2) is 5.65 Å². The number of aryl methyl sites for hydroxylation is 2. The van der Waals surface area contributed by atoms with Crippen LogP contribution in [-0.4, -0.2) is 25.4 Å². The molecule has 4 rings (SSSR count). The van der Waals surface area contributed by atoms with Crippen molar-refractivity contribution >= 4 is 40.0 Å². The van der Waals surface area contributed by atoms with Gasteiger partial charge in [0, 0.05) is 31.6 Å². The fourth-order valence-electron chi connectivity index (χ4n) is 3.49. The molecular weight excluding hydrogens is 444 g/mol. The summed E-state index contributed by atoms with van der Waals surface area (Å²) in [5, 5.41) is 6.68. The number of carbonyl (C=O) groups excluding carboxylic acids is 1. The Morgan fingerprint density at radius 1 is 1.15 bits per heavy atom. The summed E-state index contributed by atoms with van der Waals surface area (Å²) in [6.07, 6.45) is 0.407. The topological polar surface area (TPSA) is 125 Å². The first-order chi connectivity index (χ1) is 15.8. The monoisotopic (exact) mass is 466 g/mol. The van der Waals surface area contributed by atoms with Crippen LogP contribution < -0.4 is 21.9 Å². The Morgan fingerprint density at radius 3 is 2.64 bits per heavy atom. The fourth-order valence-corrected chi connectivity index (χ4v) is 3.73. The molecule has 170 valence electrons. The normalized spacial score (nSPS) is 12.0. The molecule has 1 unspecified atom stereocenters. The lowest BCUT2D eigenvalue weighted by Crippen LogP contribution is -2.28. The van der Waals surface area contributed by atoms with E-state index >= 15 is 0 Å². The maximum absolute atomic E-state index is 12.4. The van der Waals surface area contributed by atoms with Gasteiger partial charge < -0.3 is 15.6 Å². The summed E-state index contributed by atoms with van der Waals surface area (Å²) >= 11 is 6.42. The van der Waals surface area contributed by atoms with Crippen LogP contribution in [0.4, 0.5) is 11.4 Å². The van der Waals surface area contributed by atoms with E-state index in [-0.39, 0.29) is 36.0 Å². The number of H-pyrrole nitrogens is 2. The molecule has 0 saturated heterocycles. The minimum absolute atomic E-state index is 0.0691. The molecule has 4 aromatic rings. The van der Waals surface area contributed by atoms with Crippen molar-refractivity contribution < 1.29 is 4.79 Å². The number of benzene rings is 2. The van der Waals surface area contributed by atoms with E-state index < -0.39 is 11.2 Å². The SMILES string of the molecule is CC(Nc1ccc(NC(=O)CCc2nc3c([nH]2)c(=O)[nH]c(=O)n3C)cc1Cl)c1ccccc1. The number of imidazole rings is 1. The van der Waals surface area contributed by atoms with E-state index in [0.717, 1.165) is 11.3 Å². The number of aromatic amines is 2. The summed E-state index contributed by atoms with van der Waals surface area (Å²) in [5.74, 6) is 0.215. The zero-order chi connectivity index (χ0) is 23.5. The number of carbonyl (C=O) groups is 1. The lowest BCUT2D eigenvalue weighted by atomic mass is 10.1.